The maximum absolute atomic E-state index is 12.8. The summed E-state index contributed by atoms with van der Waals surface area (Å²) in [5.41, 5.74) is 0. The van der Waals surface area contributed by atoms with Crippen LogP contribution < -0.4 is 5.32 Å². The zero-order chi connectivity index (χ0) is 15.5. The number of fused-ring (bicyclic) bond motifs is 1. The number of carbonyl (C=O) groups is 1. The number of hydrogen-bond donors (Lipinski definition) is 1. The van der Waals surface area contributed by atoms with Gasteiger partial charge in [-0.1, -0.05) is 0 Å². The second-order valence-electron chi connectivity index (χ2n) is 5.57. The van der Waals surface area contributed by atoms with Gasteiger partial charge in [0.1, 0.15) is 17.5 Å². The van der Waals surface area contributed by atoms with E-state index in [0.29, 0.717) is 18.3 Å². The van der Waals surface area contributed by atoms with Crippen LogP contribution in [-0.2, 0) is 13.0 Å². The number of urea groups is 1. The first kappa shape index (κ1) is 14.5. The number of carbonyl (C=O) groups excluding carboxylic acids is 1. The molecule has 1 atom stereocenters. The Balaban J connectivity index is 1.54. The molecule has 2 aromatic heterocycles. The summed E-state index contributed by atoms with van der Waals surface area (Å²) in [6.45, 7) is 1.53. The molecule has 0 radical (unpaired) electrons. The predicted octanol–water partition coefficient (Wildman–Crippen LogP) is 2.14. The summed E-state index contributed by atoms with van der Waals surface area (Å²) in [4.78, 5) is 21.9. The van der Waals surface area contributed by atoms with Gasteiger partial charge < -0.3 is 9.47 Å². The van der Waals surface area contributed by atoms with Crippen LogP contribution in [0.3, 0.4) is 0 Å². The summed E-state index contributed by atoms with van der Waals surface area (Å²) >= 11 is 0. The van der Waals surface area contributed by atoms with E-state index in [1.807, 2.05) is 12.4 Å². The monoisotopic (exact) mass is 303 g/mol. The van der Waals surface area contributed by atoms with Crippen LogP contribution >= 0.6 is 0 Å². The molecule has 22 heavy (non-hydrogen) atoms. The molecule has 3 rings (SSSR count). The highest BCUT2D eigenvalue weighted by Crippen LogP contribution is 2.19. The van der Waals surface area contributed by atoms with Gasteiger partial charge in [0, 0.05) is 39.0 Å². The van der Waals surface area contributed by atoms with Crippen molar-refractivity contribution in [2.75, 3.05) is 18.9 Å². The number of rotatable bonds is 3. The number of aromatic nitrogens is 3. The van der Waals surface area contributed by atoms with Gasteiger partial charge in [-0.2, -0.15) is 0 Å². The van der Waals surface area contributed by atoms with Gasteiger partial charge >= 0.3 is 6.03 Å². The Morgan fingerprint density at radius 2 is 2.36 bits per heavy atom. The van der Waals surface area contributed by atoms with E-state index in [1.54, 1.807) is 11.9 Å². The summed E-state index contributed by atoms with van der Waals surface area (Å²) in [5, 5.41) is 2.66. The number of anilines is 1. The second kappa shape index (κ2) is 6.13. The molecule has 1 N–H and O–H groups in total. The fourth-order valence-electron chi connectivity index (χ4n) is 2.71. The number of aryl methyl sites for hydroxylation is 1. The topological polar surface area (TPSA) is 63.1 Å². The SMILES string of the molecule is CN(C[C@@H]1CCc2nccn2C1)C(=O)Nc1ccc(F)cn1. The van der Waals surface area contributed by atoms with Crippen LogP contribution in [0.2, 0.25) is 0 Å². The third kappa shape index (κ3) is 3.24. The highest BCUT2D eigenvalue weighted by Gasteiger charge is 2.22. The minimum absolute atomic E-state index is 0.240. The van der Waals surface area contributed by atoms with Crippen LogP contribution in [-0.4, -0.2) is 39.1 Å². The molecular weight excluding hydrogens is 285 g/mol. The molecule has 2 amide bonds. The first-order valence-electron chi connectivity index (χ1n) is 7.25. The Morgan fingerprint density at radius 3 is 3.14 bits per heavy atom. The molecule has 7 heteroatoms. The maximum Gasteiger partial charge on any atom is 0.322 e. The van der Waals surface area contributed by atoms with Gasteiger partial charge in [0.25, 0.3) is 0 Å². The van der Waals surface area contributed by atoms with Gasteiger partial charge in [-0.25, -0.2) is 19.2 Å². The molecule has 0 saturated carbocycles. The fraction of sp³-hybridized carbons (Fsp3) is 0.400. The number of nitrogens with zero attached hydrogens (tertiary/aromatic N) is 4. The lowest BCUT2D eigenvalue weighted by atomic mass is 9.99. The van der Waals surface area contributed by atoms with Gasteiger partial charge in [0.05, 0.1) is 6.20 Å². The normalized spacial score (nSPS) is 16.9. The average Bonchev–Trinajstić information content (AvgIpc) is 2.97. The van der Waals surface area contributed by atoms with Crippen LogP contribution in [0.15, 0.2) is 30.7 Å². The molecule has 0 fully saturated rings. The van der Waals surface area contributed by atoms with E-state index >= 15 is 0 Å². The number of imidazole rings is 1. The second-order valence-corrected chi connectivity index (χ2v) is 5.57. The highest BCUT2D eigenvalue weighted by atomic mass is 19.1. The largest absolute Gasteiger partial charge is 0.335 e. The molecule has 2 aromatic rings. The number of halogens is 1. The minimum atomic E-state index is -0.426. The molecule has 3 heterocycles. The Morgan fingerprint density at radius 1 is 1.50 bits per heavy atom. The lowest BCUT2D eigenvalue weighted by Gasteiger charge is -2.28. The third-order valence-corrected chi connectivity index (χ3v) is 3.87. The van der Waals surface area contributed by atoms with Crippen LogP contribution in [0.25, 0.3) is 0 Å². The number of nitrogens with one attached hydrogen (secondary N) is 1. The molecule has 0 saturated heterocycles. The van der Waals surface area contributed by atoms with E-state index in [0.717, 1.165) is 31.4 Å². The molecule has 0 bridgehead atoms. The summed E-state index contributed by atoms with van der Waals surface area (Å²) in [6, 6.07) is 2.47. The van der Waals surface area contributed by atoms with Crippen molar-refractivity contribution in [3.05, 3.63) is 42.4 Å². The van der Waals surface area contributed by atoms with Crippen LogP contribution in [0.4, 0.5) is 15.0 Å². The molecule has 0 spiro atoms. The van der Waals surface area contributed by atoms with Crippen molar-refractivity contribution >= 4 is 11.8 Å². The van der Waals surface area contributed by atoms with Gasteiger partial charge in [-0.05, 0) is 24.5 Å². The van der Waals surface area contributed by atoms with Gasteiger partial charge in [-0.15, -0.1) is 0 Å². The highest BCUT2D eigenvalue weighted by molar-refractivity contribution is 5.88. The lowest BCUT2D eigenvalue weighted by Crippen LogP contribution is -2.38. The summed E-state index contributed by atoms with van der Waals surface area (Å²) in [5.74, 6) is 1.43. The van der Waals surface area contributed by atoms with Crippen LogP contribution in [0, 0.1) is 11.7 Å². The predicted molar refractivity (Wildman–Crippen MR) is 79.9 cm³/mol. The Bertz CT molecular complexity index is 654. The fourth-order valence-corrected chi connectivity index (χ4v) is 2.71. The first-order valence-corrected chi connectivity index (χ1v) is 7.25. The van der Waals surface area contributed by atoms with Crippen molar-refractivity contribution in [2.24, 2.45) is 5.92 Å². The first-order chi connectivity index (χ1) is 10.6. The lowest BCUT2D eigenvalue weighted by molar-refractivity contribution is 0.205. The zero-order valence-electron chi connectivity index (χ0n) is 12.4. The van der Waals surface area contributed by atoms with E-state index in [1.165, 1.54) is 12.1 Å². The van der Waals surface area contributed by atoms with Crippen molar-refractivity contribution in [3.8, 4) is 0 Å². The molecule has 1 aliphatic rings. The Hall–Kier alpha value is -2.44. The molecule has 1 aliphatic heterocycles. The Kier molecular flexibility index (Phi) is 4.04. The maximum atomic E-state index is 12.8. The average molecular weight is 303 g/mol. The molecule has 0 aromatic carbocycles. The van der Waals surface area contributed by atoms with E-state index < -0.39 is 5.82 Å². The summed E-state index contributed by atoms with van der Waals surface area (Å²) < 4.78 is 14.9. The van der Waals surface area contributed by atoms with E-state index in [-0.39, 0.29) is 6.03 Å². The van der Waals surface area contributed by atoms with E-state index in [9.17, 15) is 9.18 Å². The molecule has 0 unspecified atom stereocenters. The van der Waals surface area contributed by atoms with Crippen molar-refractivity contribution in [2.45, 2.75) is 19.4 Å². The van der Waals surface area contributed by atoms with Gasteiger partial charge in [-0.3, -0.25) is 5.32 Å². The smallest absolute Gasteiger partial charge is 0.322 e. The van der Waals surface area contributed by atoms with Crippen molar-refractivity contribution < 1.29 is 9.18 Å². The standard InChI is InChI=1S/C15H18FN5O/c1-20(15(22)19-13-4-3-12(16)8-18-13)9-11-2-5-14-17-6-7-21(14)10-11/h3-4,6-8,11H,2,5,9-10H2,1H3,(H,18,19,22)/t11-/m0/s1. The molecule has 116 valence electrons. The summed E-state index contributed by atoms with van der Waals surface area (Å²) in [7, 11) is 1.75. The van der Waals surface area contributed by atoms with Gasteiger partial charge in [0.15, 0.2) is 0 Å². The molecular formula is C15H18FN5O. The van der Waals surface area contributed by atoms with Crippen LogP contribution in [0.5, 0.6) is 0 Å². The molecule has 6 nitrogen and oxygen atoms in total. The number of amides is 2. The summed E-state index contributed by atoms with van der Waals surface area (Å²) in [6.07, 6.45) is 6.83. The quantitative estimate of drug-likeness (QED) is 0.945. The third-order valence-electron chi connectivity index (χ3n) is 3.87. The van der Waals surface area contributed by atoms with E-state index in [4.69, 9.17) is 0 Å². The van der Waals surface area contributed by atoms with Gasteiger partial charge in [0.2, 0.25) is 0 Å². The number of hydrogen-bond acceptors (Lipinski definition) is 3. The van der Waals surface area contributed by atoms with Crippen molar-refractivity contribution in [1.82, 2.24) is 19.4 Å². The molecule has 0 aliphatic carbocycles. The number of pyridine rings is 1. The van der Waals surface area contributed by atoms with Crippen molar-refractivity contribution in [1.29, 1.82) is 0 Å². The Labute approximate surface area is 128 Å². The van der Waals surface area contributed by atoms with E-state index in [2.05, 4.69) is 19.9 Å². The van der Waals surface area contributed by atoms with Crippen molar-refractivity contribution in [3.63, 3.8) is 0 Å². The zero-order valence-corrected chi connectivity index (χ0v) is 12.4. The minimum Gasteiger partial charge on any atom is -0.335 e. The van der Waals surface area contributed by atoms with Crippen LogP contribution in [0.1, 0.15) is 12.2 Å².